The first-order valence-corrected chi connectivity index (χ1v) is 30.9. The van der Waals surface area contributed by atoms with Gasteiger partial charge >= 0.3 is 37.9 Å². The van der Waals surface area contributed by atoms with Gasteiger partial charge < -0.3 is 18.9 Å². The molecule has 0 bridgehead atoms. The van der Waals surface area contributed by atoms with Crippen molar-refractivity contribution in [2.24, 2.45) is 10.8 Å². The molecule has 4 nitrogen and oxygen atoms in total. The van der Waals surface area contributed by atoms with E-state index in [1.807, 2.05) is 27.7 Å². The second kappa shape index (κ2) is 21.7. The second-order valence-corrected chi connectivity index (χ2v) is 26.2. The van der Waals surface area contributed by atoms with E-state index in [2.05, 4.69) is 178 Å². The fraction of sp³-hybridized carbons (Fsp3) is 0.464. The van der Waals surface area contributed by atoms with Crippen LogP contribution in [0.5, 0.6) is 0 Å². The normalized spacial score (nSPS) is 17.5. The second-order valence-electron chi connectivity index (χ2n) is 21.5. The van der Waals surface area contributed by atoms with Crippen LogP contribution in [0.15, 0.2) is 109 Å². The molecule has 342 valence electrons. The molecule has 0 N–H and O–H groups in total. The maximum atomic E-state index is 5.94. The predicted molar refractivity (Wildman–Crippen MR) is 272 cm³/mol. The molecule has 0 atom stereocenters. The van der Waals surface area contributed by atoms with Crippen molar-refractivity contribution in [3.8, 4) is 22.3 Å². The third kappa shape index (κ3) is 14.3. The molecule has 8 rings (SSSR count). The molecule has 2 heterocycles. The number of hydrogen-bond acceptors (Lipinski definition) is 4. The molecule has 0 aromatic heterocycles. The maximum absolute atomic E-state index is 5.94. The molecule has 2 fully saturated rings. The summed E-state index contributed by atoms with van der Waals surface area (Å²) in [5, 5.41) is 5.26. The Balaban J connectivity index is 0.000000215. The standard InChI is InChI=1S/2C27H33O2.C2H6Si.2ClH.Zr/c2*1-25(2,3)22-12-10-20(11-13-22)23-9-7-8-21-14-19(15-24(21)23)16-27(6)17-28-26(4,5)29-18-27;1-3-2;;;/h2*7-15H,16-18H2,1-6H3;1-2H3;2*1H;/q2*-1;;;;+4/p-2. The summed E-state index contributed by atoms with van der Waals surface area (Å²) >= 11 is -0.826. The van der Waals surface area contributed by atoms with Gasteiger partial charge in [0, 0.05) is 20.3 Å². The number of halogens is 2. The Morgan fingerprint density at radius 3 is 1.11 bits per heavy atom. The average Bonchev–Trinajstić information content (AvgIpc) is 3.84. The first kappa shape index (κ1) is 52.6. The van der Waals surface area contributed by atoms with Crippen molar-refractivity contribution in [1.29, 1.82) is 0 Å². The van der Waals surface area contributed by atoms with Crippen LogP contribution < -0.4 is 0 Å². The molecule has 0 spiro atoms. The quantitative estimate of drug-likeness (QED) is 0.123. The van der Waals surface area contributed by atoms with E-state index in [4.69, 9.17) is 36.0 Å². The fourth-order valence-electron chi connectivity index (χ4n) is 8.35. The van der Waals surface area contributed by atoms with Gasteiger partial charge in [-0.3, -0.25) is 0 Å². The summed E-state index contributed by atoms with van der Waals surface area (Å²) in [4.78, 5) is 0. The van der Waals surface area contributed by atoms with Crippen LogP contribution in [0, 0.1) is 10.8 Å². The van der Waals surface area contributed by atoms with Crippen molar-refractivity contribution in [3.63, 3.8) is 0 Å². The van der Waals surface area contributed by atoms with Crippen LogP contribution in [0.2, 0.25) is 13.1 Å². The van der Waals surface area contributed by atoms with Gasteiger partial charge in [0.1, 0.15) is 0 Å². The number of fused-ring (bicyclic) bond motifs is 2. The molecule has 6 aromatic carbocycles. The van der Waals surface area contributed by atoms with Crippen LogP contribution in [0.3, 0.4) is 0 Å². The summed E-state index contributed by atoms with van der Waals surface area (Å²) in [6.45, 7) is 33.2. The van der Waals surface area contributed by atoms with E-state index in [9.17, 15) is 0 Å². The van der Waals surface area contributed by atoms with Gasteiger partial charge in [0.2, 0.25) is 0 Å². The van der Waals surface area contributed by atoms with Crippen LogP contribution in [-0.2, 0) is 63.5 Å². The van der Waals surface area contributed by atoms with Crippen molar-refractivity contribution in [1.82, 2.24) is 0 Å². The Bertz CT molecular complexity index is 2210. The zero-order chi connectivity index (χ0) is 47.1. The fourth-order valence-corrected chi connectivity index (χ4v) is 8.35. The summed E-state index contributed by atoms with van der Waals surface area (Å²) in [5.74, 6) is -0.939. The molecule has 0 unspecified atom stereocenters. The van der Waals surface area contributed by atoms with Crippen molar-refractivity contribution in [2.75, 3.05) is 26.4 Å². The Morgan fingerprint density at radius 2 is 0.828 bits per heavy atom. The Kier molecular flexibility index (Phi) is 17.8. The van der Waals surface area contributed by atoms with E-state index in [0.717, 1.165) is 48.8 Å². The summed E-state index contributed by atoms with van der Waals surface area (Å²) in [5.41, 5.74) is 11.0. The minimum atomic E-state index is -0.826. The summed E-state index contributed by atoms with van der Waals surface area (Å²) in [6, 6.07) is 40.7. The average molecular weight is 999 g/mol. The molecule has 2 saturated heterocycles. The van der Waals surface area contributed by atoms with Gasteiger partial charge in [0.15, 0.2) is 11.6 Å². The van der Waals surface area contributed by atoms with Gasteiger partial charge in [-0.05, 0) is 73.6 Å². The van der Waals surface area contributed by atoms with Crippen LogP contribution in [0.4, 0.5) is 0 Å². The third-order valence-electron chi connectivity index (χ3n) is 12.1. The Morgan fingerprint density at radius 1 is 0.531 bits per heavy atom. The third-order valence-corrected chi connectivity index (χ3v) is 12.1. The summed E-state index contributed by atoms with van der Waals surface area (Å²) in [6.07, 6.45) is 1.92. The predicted octanol–water partition coefficient (Wildman–Crippen LogP) is 15.9. The van der Waals surface area contributed by atoms with E-state index in [0.29, 0.717) is 0 Å². The zero-order valence-corrected chi connectivity index (χ0v) is 46.0. The zero-order valence-electron chi connectivity index (χ0n) is 41.0. The molecule has 0 aliphatic carbocycles. The van der Waals surface area contributed by atoms with Crippen LogP contribution in [0.1, 0.15) is 105 Å². The van der Waals surface area contributed by atoms with Crippen LogP contribution in [-0.4, -0.2) is 47.5 Å². The van der Waals surface area contributed by atoms with E-state index in [1.165, 1.54) is 66.1 Å². The van der Waals surface area contributed by atoms with E-state index >= 15 is 0 Å². The molecule has 0 saturated carbocycles. The summed E-state index contributed by atoms with van der Waals surface area (Å²) < 4.78 is 23.7. The van der Waals surface area contributed by atoms with Gasteiger partial charge in [-0.1, -0.05) is 140 Å². The summed E-state index contributed by atoms with van der Waals surface area (Å²) in [7, 11) is 11.0. The Labute approximate surface area is 407 Å². The van der Waals surface area contributed by atoms with Crippen molar-refractivity contribution in [3.05, 3.63) is 131 Å². The van der Waals surface area contributed by atoms with Gasteiger partial charge in [0.25, 0.3) is 0 Å². The van der Waals surface area contributed by atoms with Crippen molar-refractivity contribution in [2.45, 2.75) is 131 Å². The molecule has 2 radical (unpaired) electrons. The molecule has 2 aliphatic heterocycles. The molecule has 8 heteroatoms. The van der Waals surface area contributed by atoms with Gasteiger partial charge in [-0.15, -0.1) is 69.1 Å². The molecular weight excluding hydrogens is 927 g/mol. The first-order valence-electron chi connectivity index (χ1n) is 22.6. The van der Waals surface area contributed by atoms with E-state index < -0.39 is 32.4 Å². The monoisotopic (exact) mass is 996 g/mol. The Hall–Kier alpha value is -2.38. The number of rotatable bonds is 6. The number of hydrogen-bond donors (Lipinski definition) is 0. The molecule has 0 amide bonds. The molecular formula is C56H72Cl2O4SiZr. The number of benzene rings is 4. The SMILES string of the molecule is CC1(Cc2cc3c(-c4ccc(C(C)(C)C)cc4)cccc3[cH-]2)COC(C)(C)OC1.CC1(Cc2cc3c(-c4ccc(C(C)(C)C)cc4)cccc3[cH-]2)COC(C)(C)OC1.C[Si]C.[Cl][Zr+2][Cl]. The molecule has 6 aromatic rings. The van der Waals surface area contributed by atoms with E-state index in [1.54, 1.807) is 0 Å². The minimum absolute atomic E-state index is 0.00835. The molecule has 64 heavy (non-hydrogen) atoms. The van der Waals surface area contributed by atoms with Gasteiger partial charge in [0.05, 0.1) is 26.4 Å². The topological polar surface area (TPSA) is 36.9 Å². The number of ether oxygens (including phenoxy) is 4. The first-order chi connectivity index (χ1) is 29.9. The van der Waals surface area contributed by atoms with Gasteiger partial charge in [-0.2, -0.15) is 12.1 Å². The van der Waals surface area contributed by atoms with E-state index in [-0.39, 0.29) is 21.7 Å². The van der Waals surface area contributed by atoms with Gasteiger partial charge in [-0.25, -0.2) is 0 Å². The van der Waals surface area contributed by atoms with Crippen molar-refractivity contribution >= 4 is 48.1 Å². The van der Waals surface area contributed by atoms with Crippen LogP contribution in [0.25, 0.3) is 43.8 Å². The van der Waals surface area contributed by atoms with Crippen LogP contribution >= 0.6 is 17.0 Å². The van der Waals surface area contributed by atoms with Crippen molar-refractivity contribution < 1.29 is 39.8 Å². The molecule has 2 aliphatic rings.